The molecule has 2 aliphatic heterocycles. The number of aromatic nitrogens is 2. The Bertz CT molecular complexity index is 574. The third kappa shape index (κ3) is 3.96. The van der Waals surface area contributed by atoms with E-state index in [0.29, 0.717) is 6.61 Å². The van der Waals surface area contributed by atoms with Gasteiger partial charge in [0, 0.05) is 46.5 Å². The highest BCUT2D eigenvalue weighted by Crippen LogP contribution is 2.36. The van der Waals surface area contributed by atoms with E-state index in [1.807, 2.05) is 19.4 Å². The molecule has 24 heavy (non-hydrogen) atoms. The molecule has 3 heterocycles. The maximum Gasteiger partial charge on any atom is 0.248 e. The molecule has 7 heteroatoms. The Labute approximate surface area is 143 Å². The average Bonchev–Trinajstić information content (AvgIpc) is 3.12. The molecule has 2 saturated heterocycles. The van der Waals surface area contributed by atoms with Crippen molar-refractivity contribution < 1.29 is 14.3 Å². The van der Waals surface area contributed by atoms with Crippen LogP contribution in [0.25, 0.3) is 0 Å². The van der Waals surface area contributed by atoms with Crippen molar-refractivity contribution in [2.75, 3.05) is 40.4 Å². The van der Waals surface area contributed by atoms with E-state index in [-0.39, 0.29) is 24.2 Å². The highest BCUT2D eigenvalue weighted by molar-refractivity contribution is 5.76. The Morgan fingerprint density at radius 2 is 2.38 bits per heavy atom. The zero-order chi connectivity index (χ0) is 17.2. The second kappa shape index (κ2) is 7.21. The fourth-order valence-electron chi connectivity index (χ4n) is 3.59. The molecule has 2 fully saturated rings. The summed E-state index contributed by atoms with van der Waals surface area (Å²) < 4.78 is 14.0. The van der Waals surface area contributed by atoms with Crippen molar-refractivity contribution in [1.82, 2.24) is 19.4 Å². The lowest BCUT2D eigenvalue weighted by atomic mass is 9.89. The largest absolute Gasteiger partial charge is 0.371 e. The highest BCUT2D eigenvalue weighted by atomic mass is 16.6. The Morgan fingerprint density at radius 3 is 3.08 bits per heavy atom. The van der Waals surface area contributed by atoms with Crippen LogP contribution in [0.15, 0.2) is 12.4 Å². The fourth-order valence-corrected chi connectivity index (χ4v) is 3.59. The zero-order valence-corrected chi connectivity index (χ0v) is 14.9. The van der Waals surface area contributed by atoms with Crippen molar-refractivity contribution in [2.45, 2.75) is 37.5 Å². The van der Waals surface area contributed by atoms with Gasteiger partial charge < -0.3 is 18.9 Å². The zero-order valence-electron chi connectivity index (χ0n) is 14.9. The van der Waals surface area contributed by atoms with E-state index in [2.05, 4.69) is 14.5 Å². The number of rotatable bonds is 5. The van der Waals surface area contributed by atoms with Crippen molar-refractivity contribution in [3.05, 3.63) is 18.2 Å². The van der Waals surface area contributed by atoms with Crippen molar-refractivity contribution in [3.63, 3.8) is 0 Å². The first-order valence-corrected chi connectivity index (χ1v) is 8.62. The standard InChI is InChI=1S/C17H28N4O3/c1-19(2)16(22)12-23-14-9-17(24-11-14)5-4-7-21(13-17)10-15-18-6-8-20(15)3/h6,8,14H,4-5,7,9-13H2,1-3H3/t14-,17+/m1/s1. The van der Waals surface area contributed by atoms with Gasteiger partial charge in [-0.1, -0.05) is 0 Å². The van der Waals surface area contributed by atoms with Crippen LogP contribution in [0.4, 0.5) is 0 Å². The normalized spacial score (nSPS) is 27.7. The van der Waals surface area contributed by atoms with Gasteiger partial charge in [-0.15, -0.1) is 0 Å². The van der Waals surface area contributed by atoms with Crippen LogP contribution in [0.5, 0.6) is 0 Å². The Balaban J connectivity index is 1.52. The summed E-state index contributed by atoms with van der Waals surface area (Å²) in [6.07, 6.45) is 6.88. The predicted molar refractivity (Wildman–Crippen MR) is 89.5 cm³/mol. The molecular weight excluding hydrogens is 308 g/mol. The van der Waals surface area contributed by atoms with Gasteiger partial charge in [0.05, 0.1) is 24.9 Å². The molecule has 0 radical (unpaired) electrons. The first kappa shape index (κ1) is 17.4. The Hall–Kier alpha value is -1.44. The van der Waals surface area contributed by atoms with E-state index in [9.17, 15) is 4.79 Å². The van der Waals surface area contributed by atoms with Crippen LogP contribution in [0.1, 0.15) is 25.1 Å². The van der Waals surface area contributed by atoms with E-state index in [4.69, 9.17) is 9.47 Å². The van der Waals surface area contributed by atoms with E-state index >= 15 is 0 Å². The number of imidazole rings is 1. The average molecular weight is 336 g/mol. The molecule has 1 spiro atoms. The molecule has 7 nitrogen and oxygen atoms in total. The summed E-state index contributed by atoms with van der Waals surface area (Å²) in [5, 5.41) is 0. The summed E-state index contributed by atoms with van der Waals surface area (Å²) in [7, 11) is 5.52. The number of ether oxygens (including phenoxy) is 2. The number of aryl methyl sites for hydroxylation is 1. The molecular formula is C17H28N4O3. The number of carbonyl (C=O) groups is 1. The summed E-state index contributed by atoms with van der Waals surface area (Å²) in [5.41, 5.74) is -0.130. The van der Waals surface area contributed by atoms with Crippen molar-refractivity contribution in [2.24, 2.45) is 7.05 Å². The first-order chi connectivity index (χ1) is 11.5. The SMILES string of the molecule is CN(C)C(=O)CO[C@H]1CO[C@@]2(CCCN(Cc3nccn3C)C2)C1. The van der Waals surface area contributed by atoms with Crippen molar-refractivity contribution in [3.8, 4) is 0 Å². The van der Waals surface area contributed by atoms with Gasteiger partial charge in [0.15, 0.2) is 0 Å². The van der Waals surface area contributed by atoms with Crippen LogP contribution in [0, 0.1) is 0 Å². The van der Waals surface area contributed by atoms with E-state index in [0.717, 1.165) is 44.7 Å². The molecule has 2 aliphatic rings. The van der Waals surface area contributed by atoms with Crippen molar-refractivity contribution >= 4 is 5.91 Å². The minimum Gasteiger partial charge on any atom is -0.371 e. The van der Waals surface area contributed by atoms with Gasteiger partial charge in [-0.3, -0.25) is 9.69 Å². The molecule has 1 amide bonds. The van der Waals surface area contributed by atoms with E-state index in [1.165, 1.54) is 0 Å². The molecule has 3 rings (SSSR count). The van der Waals surface area contributed by atoms with Crippen LogP contribution in [-0.2, 0) is 27.9 Å². The highest BCUT2D eigenvalue weighted by Gasteiger charge is 2.44. The molecule has 0 aromatic carbocycles. The van der Waals surface area contributed by atoms with Crippen LogP contribution in [-0.4, -0.2) is 77.4 Å². The third-order valence-electron chi connectivity index (χ3n) is 5.02. The third-order valence-corrected chi connectivity index (χ3v) is 5.02. The van der Waals surface area contributed by atoms with Crippen molar-refractivity contribution in [1.29, 1.82) is 0 Å². The first-order valence-electron chi connectivity index (χ1n) is 8.62. The minimum atomic E-state index is -0.130. The maximum absolute atomic E-state index is 11.7. The van der Waals surface area contributed by atoms with Gasteiger partial charge in [-0.2, -0.15) is 0 Å². The van der Waals surface area contributed by atoms with Gasteiger partial charge >= 0.3 is 0 Å². The summed E-state index contributed by atoms with van der Waals surface area (Å²) in [4.78, 5) is 20.1. The van der Waals surface area contributed by atoms with Crippen LogP contribution in [0.2, 0.25) is 0 Å². The summed E-state index contributed by atoms with van der Waals surface area (Å²) in [5.74, 6) is 1.07. The molecule has 1 aromatic rings. The second-order valence-corrected chi connectivity index (χ2v) is 7.19. The van der Waals surface area contributed by atoms with Crippen LogP contribution >= 0.6 is 0 Å². The molecule has 1 aromatic heterocycles. The number of piperidine rings is 1. The number of hydrogen-bond acceptors (Lipinski definition) is 5. The lowest BCUT2D eigenvalue weighted by Gasteiger charge is -2.39. The Morgan fingerprint density at radius 1 is 1.54 bits per heavy atom. The molecule has 0 aliphatic carbocycles. The van der Waals surface area contributed by atoms with Gasteiger partial charge in [0.25, 0.3) is 0 Å². The lowest BCUT2D eigenvalue weighted by molar-refractivity contribution is -0.135. The van der Waals surface area contributed by atoms with Gasteiger partial charge in [-0.25, -0.2) is 4.98 Å². The lowest BCUT2D eigenvalue weighted by Crippen LogP contribution is -2.47. The monoisotopic (exact) mass is 336 g/mol. The number of carbonyl (C=O) groups excluding carboxylic acids is 1. The predicted octanol–water partition coefficient (Wildman–Crippen LogP) is 0.648. The molecule has 0 N–H and O–H groups in total. The topological polar surface area (TPSA) is 59.8 Å². The van der Waals surface area contributed by atoms with Gasteiger partial charge in [0.1, 0.15) is 12.4 Å². The number of likely N-dealkylation sites (N-methyl/N-ethyl adjacent to an activating group) is 1. The van der Waals surface area contributed by atoms with E-state index in [1.54, 1.807) is 19.0 Å². The summed E-state index contributed by atoms with van der Waals surface area (Å²) in [6.45, 7) is 3.54. The molecule has 0 bridgehead atoms. The summed E-state index contributed by atoms with van der Waals surface area (Å²) >= 11 is 0. The molecule has 134 valence electrons. The van der Waals surface area contributed by atoms with Gasteiger partial charge in [-0.05, 0) is 19.4 Å². The second-order valence-electron chi connectivity index (χ2n) is 7.19. The van der Waals surface area contributed by atoms with Gasteiger partial charge in [0.2, 0.25) is 5.91 Å². The quantitative estimate of drug-likeness (QED) is 0.790. The number of likely N-dealkylation sites (tertiary alicyclic amines) is 1. The Kier molecular flexibility index (Phi) is 5.22. The number of amides is 1. The fraction of sp³-hybridized carbons (Fsp3) is 0.765. The number of nitrogens with zero attached hydrogens (tertiary/aromatic N) is 4. The number of hydrogen-bond donors (Lipinski definition) is 0. The maximum atomic E-state index is 11.7. The van der Waals surface area contributed by atoms with E-state index < -0.39 is 0 Å². The minimum absolute atomic E-state index is 0.00370. The molecule has 0 saturated carbocycles. The molecule has 0 unspecified atom stereocenters. The smallest absolute Gasteiger partial charge is 0.248 e. The summed E-state index contributed by atoms with van der Waals surface area (Å²) in [6, 6.07) is 0. The molecule has 2 atom stereocenters. The van der Waals surface area contributed by atoms with Crippen LogP contribution < -0.4 is 0 Å². The van der Waals surface area contributed by atoms with Crippen LogP contribution in [0.3, 0.4) is 0 Å².